The van der Waals surface area contributed by atoms with Gasteiger partial charge in [-0.3, -0.25) is 4.98 Å². The molecule has 1 aliphatic heterocycles. The summed E-state index contributed by atoms with van der Waals surface area (Å²) in [5.74, 6) is 1.95. The summed E-state index contributed by atoms with van der Waals surface area (Å²) in [6.07, 6.45) is 6.14. The summed E-state index contributed by atoms with van der Waals surface area (Å²) in [6, 6.07) is 11.2. The molecule has 1 aromatic heterocycles. The monoisotopic (exact) mass is 328 g/mol. The highest BCUT2D eigenvalue weighted by Crippen LogP contribution is 2.24. The van der Waals surface area contributed by atoms with E-state index in [2.05, 4.69) is 53.1 Å². The Hall–Kier alpha value is -1.59. The van der Waals surface area contributed by atoms with E-state index in [1.165, 1.54) is 18.4 Å². The van der Waals surface area contributed by atoms with Crippen LogP contribution in [0.5, 0.6) is 0 Å². The van der Waals surface area contributed by atoms with Crippen LogP contribution in [0.25, 0.3) is 0 Å². The predicted molar refractivity (Wildman–Crippen MR) is 97.0 cm³/mol. The zero-order chi connectivity index (χ0) is 16.1. The molecule has 1 aromatic carbocycles. The number of benzene rings is 1. The van der Waals surface area contributed by atoms with Crippen molar-refractivity contribution in [2.24, 2.45) is 0 Å². The molecule has 1 aliphatic rings. The third-order valence-corrected chi connectivity index (χ3v) is 5.32. The average molecular weight is 328 g/mol. The van der Waals surface area contributed by atoms with Gasteiger partial charge in [0.1, 0.15) is 10.8 Å². The fraction of sp³-hybridized carbons (Fsp3) is 0.444. The third kappa shape index (κ3) is 4.45. The molecule has 0 radical (unpaired) electrons. The van der Waals surface area contributed by atoms with Gasteiger partial charge in [0.05, 0.1) is 12.4 Å². The largest absolute Gasteiger partial charge is 0.355 e. The summed E-state index contributed by atoms with van der Waals surface area (Å²) >= 11 is 1.75. The molecular weight excluding hydrogens is 304 g/mol. The Labute approximate surface area is 142 Å². The molecule has 0 amide bonds. The van der Waals surface area contributed by atoms with Crippen LogP contribution in [0, 0.1) is 0 Å². The molecule has 122 valence electrons. The Bertz CT molecular complexity index is 609. The average Bonchev–Trinajstić information content (AvgIpc) is 2.61. The van der Waals surface area contributed by atoms with Gasteiger partial charge in [-0.2, -0.15) is 0 Å². The fourth-order valence-electron chi connectivity index (χ4n) is 2.90. The molecule has 2 aromatic rings. The van der Waals surface area contributed by atoms with E-state index in [0.29, 0.717) is 6.04 Å². The van der Waals surface area contributed by atoms with Crippen LogP contribution in [0.4, 0.5) is 5.82 Å². The quantitative estimate of drug-likeness (QED) is 0.786. The van der Waals surface area contributed by atoms with E-state index < -0.39 is 0 Å². The number of hydrogen-bond donors (Lipinski definition) is 0. The van der Waals surface area contributed by atoms with Gasteiger partial charge in [0.25, 0.3) is 0 Å². The number of hydrogen-bond acceptors (Lipinski definition) is 5. The second-order valence-electron chi connectivity index (χ2n) is 6.17. The molecule has 5 heteroatoms. The van der Waals surface area contributed by atoms with E-state index >= 15 is 0 Å². The Morgan fingerprint density at radius 2 is 1.87 bits per heavy atom. The molecule has 1 fully saturated rings. The van der Waals surface area contributed by atoms with Crippen molar-refractivity contribution < 1.29 is 0 Å². The first kappa shape index (κ1) is 16.3. The standard InChI is InChI=1S/C18H24N4S/c1-21(2)16-8-10-22(11-9-16)17-12-19-13-18(20-17)23-14-15-6-4-3-5-7-15/h3-7,12-13,16H,8-11,14H2,1-2H3. The first-order valence-corrected chi connectivity index (χ1v) is 9.11. The highest BCUT2D eigenvalue weighted by Gasteiger charge is 2.21. The van der Waals surface area contributed by atoms with E-state index in [1.807, 2.05) is 18.5 Å². The van der Waals surface area contributed by atoms with Crippen molar-refractivity contribution in [2.45, 2.75) is 29.7 Å². The minimum absolute atomic E-state index is 0.690. The van der Waals surface area contributed by atoms with Crippen LogP contribution in [0.3, 0.4) is 0 Å². The molecule has 4 nitrogen and oxygen atoms in total. The van der Waals surface area contributed by atoms with Gasteiger partial charge in [0.2, 0.25) is 0 Å². The third-order valence-electron chi connectivity index (χ3n) is 4.35. The Balaban J connectivity index is 1.59. The molecule has 0 aliphatic carbocycles. The molecule has 0 saturated carbocycles. The van der Waals surface area contributed by atoms with Gasteiger partial charge in [0.15, 0.2) is 0 Å². The second-order valence-corrected chi connectivity index (χ2v) is 7.17. The number of anilines is 1. The van der Waals surface area contributed by atoms with Crippen LogP contribution in [0.15, 0.2) is 47.8 Å². The minimum atomic E-state index is 0.690. The number of nitrogens with zero attached hydrogens (tertiary/aromatic N) is 4. The van der Waals surface area contributed by atoms with E-state index in [4.69, 9.17) is 4.98 Å². The summed E-state index contributed by atoms with van der Waals surface area (Å²) in [5.41, 5.74) is 1.32. The maximum Gasteiger partial charge on any atom is 0.148 e. The van der Waals surface area contributed by atoms with E-state index in [-0.39, 0.29) is 0 Å². The van der Waals surface area contributed by atoms with Crippen molar-refractivity contribution in [3.8, 4) is 0 Å². The van der Waals surface area contributed by atoms with Crippen molar-refractivity contribution in [1.82, 2.24) is 14.9 Å². The highest BCUT2D eigenvalue weighted by atomic mass is 32.2. The van der Waals surface area contributed by atoms with E-state index in [0.717, 1.165) is 29.7 Å². The number of piperidine rings is 1. The Kier molecular flexibility index (Phi) is 5.51. The Morgan fingerprint density at radius 1 is 1.13 bits per heavy atom. The number of aromatic nitrogens is 2. The van der Waals surface area contributed by atoms with Crippen molar-refractivity contribution in [1.29, 1.82) is 0 Å². The highest BCUT2D eigenvalue weighted by molar-refractivity contribution is 7.98. The van der Waals surface area contributed by atoms with Crippen LogP contribution >= 0.6 is 11.8 Å². The van der Waals surface area contributed by atoms with Crippen LogP contribution in [0.2, 0.25) is 0 Å². The summed E-state index contributed by atoms with van der Waals surface area (Å²) in [7, 11) is 4.34. The van der Waals surface area contributed by atoms with E-state index in [1.54, 1.807) is 11.8 Å². The minimum Gasteiger partial charge on any atom is -0.355 e. The predicted octanol–water partition coefficient (Wildman–Crippen LogP) is 3.30. The summed E-state index contributed by atoms with van der Waals surface area (Å²) in [6.45, 7) is 2.12. The van der Waals surface area contributed by atoms with Crippen molar-refractivity contribution in [2.75, 3.05) is 32.1 Å². The van der Waals surface area contributed by atoms with Gasteiger partial charge in [-0.15, -0.1) is 11.8 Å². The molecule has 23 heavy (non-hydrogen) atoms. The first-order chi connectivity index (χ1) is 11.2. The second kappa shape index (κ2) is 7.79. The molecule has 0 N–H and O–H groups in total. The number of thioether (sulfide) groups is 1. The van der Waals surface area contributed by atoms with Crippen LogP contribution in [0.1, 0.15) is 18.4 Å². The van der Waals surface area contributed by atoms with E-state index in [9.17, 15) is 0 Å². The first-order valence-electron chi connectivity index (χ1n) is 8.12. The molecule has 0 spiro atoms. The normalized spacial score (nSPS) is 16.0. The zero-order valence-electron chi connectivity index (χ0n) is 13.9. The molecule has 1 saturated heterocycles. The summed E-state index contributed by atoms with van der Waals surface area (Å²) in [4.78, 5) is 13.9. The molecule has 3 rings (SSSR count). The molecule has 0 bridgehead atoms. The lowest BCUT2D eigenvalue weighted by Crippen LogP contribution is -2.42. The Morgan fingerprint density at radius 3 is 2.57 bits per heavy atom. The van der Waals surface area contributed by atoms with Crippen LogP contribution < -0.4 is 4.90 Å². The van der Waals surface area contributed by atoms with Crippen LogP contribution in [-0.2, 0) is 5.75 Å². The van der Waals surface area contributed by atoms with Gasteiger partial charge >= 0.3 is 0 Å². The van der Waals surface area contributed by atoms with Gasteiger partial charge in [-0.1, -0.05) is 30.3 Å². The van der Waals surface area contributed by atoms with Gasteiger partial charge in [0, 0.05) is 24.9 Å². The maximum absolute atomic E-state index is 4.79. The lowest BCUT2D eigenvalue weighted by molar-refractivity contribution is 0.249. The lowest BCUT2D eigenvalue weighted by Gasteiger charge is -2.35. The smallest absolute Gasteiger partial charge is 0.148 e. The van der Waals surface area contributed by atoms with Gasteiger partial charge < -0.3 is 9.80 Å². The molecular formula is C18H24N4S. The maximum atomic E-state index is 4.79. The lowest BCUT2D eigenvalue weighted by atomic mass is 10.0. The molecule has 2 heterocycles. The SMILES string of the molecule is CN(C)C1CCN(c2cncc(SCc3ccccc3)n2)CC1. The van der Waals surface area contributed by atoms with Crippen molar-refractivity contribution >= 4 is 17.6 Å². The van der Waals surface area contributed by atoms with Crippen molar-refractivity contribution in [3.63, 3.8) is 0 Å². The summed E-state index contributed by atoms with van der Waals surface area (Å²) in [5, 5.41) is 1.00. The number of rotatable bonds is 5. The fourth-order valence-corrected chi connectivity index (χ4v) is 3.70. The van der Waals surface area contributed by atoms with Gasteiger partial charge in [-0.05, 0) is 32.5 Å². The van der Waals surface area contributed by atoms with Gasteiger partial charge in [-0.25, -0.2) is 4.98 Å². The summed E-state index contributed by atoms with van der Waals surface area (Å²) < 4.78 is 0. The molecule has 0 unspecified atom stereocenters. The van der Waals surface area contributed by atoms with Crippen molar-refractivity contribution in [3.05, 3.63) is 48.3 Å². The molecule has 0 atom stereocenters. The zero-order valence-corrected chi connectivity index (χ0v) is 14.7. The topological polar surface area (TPSA) is 32.3 Å². The van der Waals surface area contributed by atoms with Crippen LogP contribution in [-0.4, -0.2) is 48.1 Å².